The Labute approximate surface area is 87.4 Å². The lowest BCUT2D eigenvalue weighted by Crippen LogP contribution is -2.27. The summed E-state index contributed by atoms with van der Waals surface area (Å²) in [6, 6.07) is 0. The fourth-order valence-corrected chi connectivity index (χ4v) is 1.09. The summed E-state index contributed by atoms with van der Waals surface area (Å²) in [5, 5.41) is -3.40. The fourth-order valence-electron chi connectivity index (χ4n) is 0.861. The predicted molar refractivity (Wildman–Crippen MR) is 53.6 cm³/mol. The summed E-state index contributed by atoms with van der Waals surface area (Å²) >= 11 is 0.196. The van der Waals surface area contributed by atoms with Crippen molar-refractivity contribution < 1.29 is 18.3 Å². The maximum Gasteiger partial charge on any atom is 0.388 e. The van der Waals surface area contributed by atoms with Crippen LogP contribution in [0.5, 0.6) is 0 Å². The molecule has 0 radical (unpaired) electrons. The van der Waals surface area contributed by atoms with Gasteiger partial charge in [-0.2, -0.15) is 8.78 Å². The van der Waals surface area contributed by atoms with Crippen molar-refractivity contribution in [2.24, 2.45) is 0 Å². The molecule has 0 aliphatic carbocycles. The van der Waals surface area contributed by atoms with Gasteiger partial charge in [0.05, 0.1) is 6.61 Å². The largest absolute Gasteiger partial charge is 0.461 e. The lowest BCUT2D eigenvalue weighted by atomic mass is 10.2. The molecule has 84 valence electrons. The van der Waals surface area contributed by atoms with Crippen molar-refractivity contribution in [3.63, 3.8) is 0 Å². The summed E-state index contributed by atoms with van der Waals surface area (Å²) in [6.45, 7) is 2.14. The van der Waals surface area contributed by atoms with Gasteiger partial charge in [-0.3, -0.25) is 0 Å². The number of rotatable bonds is 7. The quantitative estimate of drug-likeness (QED) is 0.493. The van der Waals surface area contributed by atoms with Crippen molar-refractivity contribution in [2.75, 3.05) is 12.9 Å². The van der Waals surface area contributed by atoms with Crippen LogP contribution < -0.4 is 0 Å². The molecule has 0 saturated heterocycles. The van der Waals surface area contributed by atoms with E-state index in [2.05, 4.69) is 4.74 Å². The van der Waals surface area contributed by atoms with Gasteiger partial charge in [-0.25, -0.2) is 4.79 Å². The molecule has 0 spiro atoms. The molecule has 0 fully saturated rings. The van der Waals surface area contributed by atoms with E-state index in [1.165, 1.54) is 6.26 Å². The lowest BCUT2D eigenvalue weighted by Gasteiger charge is -2.11. The molecule has 0 bridgehead atoms. The van der Waals surface area contributed by atoms with Crippen LogP contribution in [0.4, 0.5) is 8.78 Å². The molecule has 14 heavy (non-hydrogen) atoms. The molecule has 0 amide bonds. The van der Waals surface area contributed by atoms with E-state index in [4.69, 9.17) is 0 Å². The number of unbranched alkanes of at least 4 members (excludes halogenated alkanes) is 3. The third-order valence-electron chi connectivity index (χ3n) is 1.73. The van der Waals surface area contributed by atoms with Crippen LogP contribution in [0, 0.1) is 0 Å². The Bertz CT molecular complexity index is 174. The zero-order valence-electron chi connectivity index (χ0n) is 8.52. The second kappa shape index (κ2) is 7.04. The van der Waals surface area contributed by atoms with Gasteiger partial charge < -0.3 is 4.74 Å². The molecule has 0 aromatic carbocycles. The molecule has 0 heterocycles. The van der Waals surface area contributed by atoms with Gasteiger partial charge in [-0.05, 0) is 12.7 Å². The summed E-state index contributed by atoms with van der Waals surface area (Å²) in [4.78, 5) is 10.7. The van der Waals surface area contributed by atoms with E-state index < -0.39 is 11.2 Å². The van der Waals surface area contributed by atoms with Crippen molar-refractivity contribution >= 4 is 17.7 Å². The SMILES string of the molecule is CCCCCCOC(=O)C(F)(F)SC. The Morgan fingerprint density at radius 2 is 2.00 bits per heavy atom. The summed E-state index contributed by atoms with van der Waals surface area (Å²) in [5.74, 6) is -1.43. The van der Waals surface area contributed by atoms with Crippen LogP contribution in [-0.4, -0.2) is 24.1 Å². The molecule has 0 unspecified atom stereocenters. The van der Waals surface area contributed by atoms with Gasteiger partial charge in [0.1, 0.15) is 0 Å². The van der Waals surface area contributed by atoms with Crippen LogP contribution in [0.25, 0.3) is 0 Å². The molecular formula is C9H16F2O2S. The first kappa shape index (κ1) is 13.7. The molecule has 0 aliphatic rings. The first-order valence-corrected chi connectivity index (χ1v) is 5.87. The molecule has 5 heteroatoms. The van der Waals surface area contributed by atoms with Gasteiger partial charge in [0, 0.05) is 0 Å². The van der Waals surface area contributed by atoms with E-state index in [9.17, 15) is 13.6 Å². The standard InChI is InChI=1S/C9H16F2O2S/c1-3-4-5-6-7-13-8(12)9(10,11)14-2/h3-7H2,1-2H3. The van der Waals surface area contributed by atoms with Crippen LogP contribution in [0.1, 0.15) is 32.6 Å². The predicted octanol–water partition coefficient (Wildman–Crippen LogP) is 3.07. The number of alkyl halides is 2. The monoisotopic (exact) mass is 226 g/mol. The Balaban J connectivity index is 3.54. The zero-order valence-corrected chi connectivity index (χ0v) is 9.33. The number of hydrogen-bond acceptors (Lipinski definition) is 3. The first-order valence-electron chi connectivity index (χ1n) is 4.64. The van der Waals surface area contributed by atoms with Crippen molar-refractivity contribution in [1.29, 1.82) is 0 Å². The molecule has 2 nitrogen and oxygen atoms in total. The van der Waals surface area contributed by atoms with Crippen LogP contribution in [0.3, 0.4) is 0 Å². The normalized spacial score (nSPS) is 11.4. The highest BCUT2D eigenvalue weighted by atomic mass is 32.2. The summed E-state index contributed by atoms with van der Waals surface area (Å²) < 4.78 is 29.7. The summed E-state index contributed by atoms with van der Waals surface area (Å²) in [7, 11) is 0. The second-order valence-electron chi connectivity index (χ2n) is 2.92. The third kappa shape index (κ3) is 5.42. The molecule has 0 aromatic heterocycles. The van der Waals surface area contributed by atoms with Gasteiger partial charge in [-0.1, -0.05) is 37.9 Å². The van der Waals surface area contributed by atoms with Crippen LogP contribution >= 0.6 is 11.8 Å². The van der Waals surface area contributed by atoms with Gasteiger partial charge in [0.25, 0.3) is 0 Å². The van der Waals surface area contributed by atoms with Gasteiger partial charge in [-0.15, -0.1) is 0 Å². The number of ether oxygens (including phenoxy) is 1. The van der Waals surface area contributed by atoms with Crippen molar-refractivity contribution in [1.82, 2.24) is 0 Å². The Hall–Kier alpha value is -0.320. The van der Waals surface area contributed by atoms with Crippen molar-refractivity contribution in [2.45, 2.75) is 37.9 Å². The van der Waals surface area contributed by atoms with E-state index in [1.807, 2.05) is 6.92 Å². The number of halogens is 2. The average molecular weight is 226 g/mol. The molecule has 0 N–H and O–H groups in total. The van der Waals surface area contributed by atoms with E-state index in [-0.39, 0.29) is 18.4 Å². The van der Waals surface area contributed by atoms with Crippen LogP contribution in [-0.2, 0) is 9.53 Å². The number of hydrogen-bond donors (Lipinski definition) is 0. The number of carbonyl (C=O) groups is 1. The van der Waals surface area contributed by atoms with Gasteiger partial charge in [0.2, 0.25) is 0 Å². The molecule has 0 atom stereocenters. The molecule has 0 saturated carbocycles. The number of carbonyl (C=O) groups excluding carboxylic acids is 1. The molecule has 0 rings (SSSR count). The fraction of sp³-hybridized carbons (Fsp3) is 0.889. The molecular weight excluding hydrogens is 210 g/mol. The minimum absolute atomic E-state index is 0.0922. The maximum atomic E-state index is 12.6. The zero-order chi connectivity index (χ0) is 11.0. The minimum atomic E-state index is -3.40. The molecule has 0 aromatic rings. The number of esters is 1. The highest BCUT2D eigenvalue weighted by Gasteiger charge is 2.39. The van der Waals surface area contributed by atoms with Gasteiger partial charge in [0.15, 0.2) is 0 Å². The smallest absolute Gasteiger partial charge is 0.388 e. The Kier molecular flexibility index (Phi) is 6.87. The van der Waals surface area contributed by atoms with E-state index in [0.717, 1.165) is 19.3 Å². The topological polar surface area (TPSA) is 26.3 Å². The summed E-state index contributed by atoms with van der Waals surface area (Å²) in [5.41, 5.74) is 0. The van der Waals surface area contributed by atoms with Crippen LogP contribution in [0.15, 0.2) is 0 Å². The average Bonchev–Trinajstić information content (AvgIpc) is 2.17. The van der Waals surface area contributed by atoms with Gasteiger partial charge >= 0.3 is 11.2 Å². The third-order valence-corrected chi connectivity index (χ3v) is 2.40. The lowest BCUT2D eigenvalue weighted by molar-refractivity contribution is -0.160. The first-order chi connectivity index (χ1) is 6.54. The van der Waals surface area contributed by atoms with Crippen molar-refractivity contribution in [3.8, 4) is 0 Å². The highest BCUT2D eigenvalue weighted by Crippen LogP contribution is 2.27. The molecule has 0 aliphatic heterocycles. The highest BCUT2D eigenvalue weighted by molar-refractivity contribution is 8.00. The minimum Gasteiger partial charge on any atom is -0.461 e. The van der Waals surface area contributed by atoms with E-state index >= 15 is 0 Å². The second-order valence-corrected chi connectivity index (χ2v) is 3.84. The van der Waals surface area contributed by atoms with E-state index in [1.54, 1.807) is 0 Å². The maximum absolute atomic E-state index is 12.6. The summed E-state index contributed by atoms with van der Waals surface area (Å²) in [6.07, 6.45) is 4.85. The van der Waals surface area contributed by atoms with Crippen LogP contribution in [0.2, 0.25) is 0 Å². The Morgan fingerprint density at radius 1 is 1.36 bits per heavy atom. The number of thioether (sulfide) groups is 1. The Morgan fingerprint density at radius 3 is 2.50 bits per heavy atom. The van der Waals surface area contributed by atoms with E-state index in [0.29, 0.717) is 6.42 Å². The van der Waals surface area contributed by atoms with Crippen molar-refractivity contribution in [3.05, 3.63) is 0 Å².